The molecule has 5 heteroatoms. The zero-order valence-corrected chi connectivity index (χ0v) is 11.6. The Balaban J connectivity index is 2.91. The van der Waals surface area contributed by atoms with E-state index < -0.39 is 6.04 Å². The molecule has 0 aliphatic carbocycles. The molecule has 1 unspecified atom stereocenters. The molecule has 4 N–H and O–H groups in total. The Kier molecular flexibility index (Phi) is 5.51. The fourth-order valence-corrected chi connectivity index (χ4v) is 1.57. The zero-order chi connectivity index (χ0) is 14.4. The van der Waals surface area contributed by atoms with Gasteiger partial charge in [0.15, 0.2) is 0 Å². The lowest BCUT2D eigenvalue weighted by atomic mass is 10.1. The van der Waals surface area contributed by atoms with E-state index in [4.69, 9.17) is 5.73 Å². The molecule has 104 valence electrons. The first-order valence-electron chi connectivity index (χ1n) is 6.44. The highest BCUT2D eigenvalue weighted by atomic mass is 16.2. The maximum Gasteiger partial charge on any atom is 0.251 e. The minimum atomic E-state index is -0.535. The van der Waals surface area contributed by atoms with Crippen molar-refractivity contribution in [2.45, 2.75) is 33.2 Å². The third-order valence-electron chi connectivity index (χ3n) is 2.87. The molecule has 19 heavy (non-hydrogen) atoms. The van der Waals surface area contributed by atoms with Gasteiger partial charge < -0.3 is 16.4 Å². The van der Waals surface area contributed by atoms with Gasteiger partial charge in [-0.2, -0.15) is 0 Å². The zero-order valence-electron chi connectivity index (χ0n) is 11.6. The van der Waals surface area contributed by atoms with Crippen molar-refractivity contribution in [1.82, 2.24) is 5.32 Å². The van der Waals surface area contributed by atoms with Gasteiger partial charge in [-0.05, 0) is 38.0 Å². The van der Waals surface area contributed by atoms with E-state index in [1.165, 1.54) is 0 Å². The van der Waals surface area contributed by atoms with Gasteiger partial charge in [0.25, 0.3) is 5.91 Å². The number of hydrogen-bond acceptors (Lipinski definition) is 3. The summed E-state index contributed by atoms with van der Waals surface area (Å²) in [6, 6.07) is 4.67. The summed E-state index contributed by atoms with van der Waals surface area (Å²) in [5, 5.41) is 5.47. The van der Waals surface area contributed by atoms with Gasteiger partial charge in [0.2, 0.25) is 5.91 Å². The van der Waals surface area contributed by atoms with Gasteiger partial charge in [0.05, 0.1) is 6.04 Å². The molecular weight excluding hydrogens is 242 g/mol. The van der Waals surface area contributed by atoms with Gasteiger partial charge in [-0.15, -0.1) is 0 Å². The second-order valence-electron chi connectivity index (χ2n) is 4.39. The smallest absolute Gasteiger partial charge is 0.251 e. The van der Waals surface area contributed by atoms with Crippen LogP contribution in [0.15, 0.2) is 18.2 Å². The van der Waals surface area contributed by atoms with E-state index >= 15 is 0 Å². The minimum absolute atomic E-state index is 0.155. The fraction of sp³-hybridized carbons (Fsp3) is 0.429. The van der Waals surface area contributed by atoms with Crippen molar-refractivity contribution in [2.75, 3.05) is 11.9 Å². The molecule has 0 radical (unpaired) electrons. The lowest BCUT2D eigenvalue weighted by Gasteiger charge is -2.13. The summed E-state index contributed by atoms with van der Waals surface area (Å²) in [5.74, 6) is -0.392. The first-order valence-corrected chi connectivity index (χ1v) is 6.44. The van der Waals surface area contributed by atoms with Crippen molar-refractivity contribution < 1.29 is 9.59 Å². The molecule has 0 bridgehead atoms. The van der Waals surface area contributed by atoms with Gasteiger partial charge in [-0.1, -0.05) is 13.0 Å². The topological polar surface area (TPSA) is 84.2 Å². The Morgan fingerprint density at radius 1 is 1.32 bits per heavy atom. The molecule has 0 saturated carbocycles. The van der Waals surface area contributed by atoms with Crippen LogP contribution in [-0.2, 0) is 4.79 Å². The van der Waals surface area contributed by atoms with Crippen LogP contribution >= 0.6 is 0 Å². The third kappa shape index (κ3) is 4.06. The normalized spacial score (nSPS) is 11.8. The molecule has 0 aromatic heterocycles. The Bertz CT molecular complexity index is 472. The number of carbonyl (C=O) groups is 2. The van der Waals surface area contributed by atoms with Crippen LogP contribution < -0.4 is 16.4 Å². The standard InChI is InChI=1S/C14H21N3O2/c1-4-11(15)14(19)17-12-8-10(7-6-9(12)3)13(18)16-5-2/h6-8,11H,4-5,15H2,1-3H3,(H,16,18)(H,17,19). The van der Waals surface area contributed by atoms with E-state index in [0.717, 1.165) is 5.56 Å². The van der Waals surface area contributed by atoms with Gasteiger partial charge >= 0.3 is 0 Å². The van der Waals surface area contributed by atoms with Crippen LogP contribution in [-0.4, -0.2) is 24.4 Å². The Hall–Kier alpha value is -1.88. The molecule has 0 spiro atoms. The predicted octanol–water partition coefficient (Wildman–Crippen LogP) is 1.42. The van der Waals surface area contributed by atoms with E-state index in [1.54, 1.807) is 18.2 Å². The number of nitrogens with two attached hydrogens (primary N) is 1. The summed E-state index contributed by atoms with van der Waals surface area (Å²) in [6.45, 7) is 6.14. The maximum atomic E-state index is 11.8. The minimum Gasteiger partial charge on any atom is -0.352 e. The third-order valence-corrected chi connectivity index (χ3v) is 2.87. The number of carbonyl (C=O) groups excluding carboxylic acids is 2. The van der Waals surface area contributed by atoms with Crippen molar-refractivity contribution in [2.24, 2.45) is 5.73 Å². The van der Waals surface area contributed by atoms with Crippen LogP contribution in [0.2, 0.25) is 0 Å². The molecule has 1 atom stereocenters. The summed E-state index contributed by atoms with van der Waals surface area (Å²) in [6.07, 6.45) is 0.570. The number of aryl methyl sites for hydroxylation is 1. The summed E-state index contributed by atoms with van der Waals surface area (Å²) in [4.78, 5) is 23.5. The number of anilines is 1. The maximum absolute atomic E-state index is 11.8. The monoisotopic (exact) mass is 263 g/mol. The van der Waals surface area contributed by atoms with E-state index in [-0.39, 0.29) is 11.8 Å². The van der Waals surface area contributed by atoms with Crippen LogP contribution in [0, 0.1) is 6.92 Å². The quantitative estimate of drug-likeness (QED) is 0.751. The van der Waals surface area contributed by atoms with Gasteiger partial charge in [-0.25, -0.2) is 0 Å². The highest BCUT2D eigenvalue weighted by molar-refractivity contribution is 5.99. The van der Waals surface area contributed by atoms with Crippen molar-refractivity contribution in [3.63, 3.8) is 0 Å². The highest BCUT2D eigenvalue weighted by Crippen LogP contribution is 2.17. The molecular formula is C14H21N3O2. The molecule has 2 amide bonds. The van der Waals surface area contributed by atoms with Crippen LogP contribution in [0.5, 0.6) is 0 Å². The average Bonchev–Trinajstić information content (AvgIpc) is 2.40. The Labute approximate surface area is 113 Å². The summed E-state index contributed by atoms with van der Waals surface area (Å²) < 4.78 is 0. The SMILES string of the molecule is CCNC(=O)c1ccc(C)c(NC(=O)C(N)CC)c1. The van der Waals surface area contributed by atoms with E-state index in [0.29, 0.717) is 24.2 Å². The molecule has 0 heterocycles. The number of nitrogens with one attached hydrogen (secondary N) is 2. The van der Waals surface area contributed by atoms with Gasteiger partial charge in [0.1, 0.15) is 0 Å². The molecule has 0 aliphatic rings. The second kappa shape index (κ2) is 6.89. The molecule has 0 aliphatic heterocycles. The Morgan fingerprint density at radius 3 is 2.58 bits per heavy atom. The number of benzene rings is 1. The average molecular weight is 263 g/mol. The van der Waals surface area contributed by atoms with Gasteiger partial charge in [-0.3, -0.25) is 9.59 Å². The first kappa shape index (κ1) is 15.2. The number of amides is 2. The molecule has 0 saturated heterocycles. The van der Waals surface area contributed by atoms with Crippen molar-refractivity contribution >= 4 is 17.5 Å². The van der Waals surface area contributed by atoms with E-state index in [9.17, 15) is 9.59 Å². The van der Waals surface area contributed by atoms with Crippen molar-refractivity contribution in [3.8, 4) is 0 Å². The van der Waals surface area contributed by atoms with E-state index in [2.05, 4.69) is 10.6 Å². The first-order chi connectivity index (χ1) is 8.99. The van der Waals surface area contributed by atoms with Crippen LogP contribution in [0.25, 0.3) is 0 Å². The van der Waals surface area contributed by atoms with Gasteiger partial charge in [0, 0.05) is 17.8 Å². The largest absolute Gasteiger partial charge is 0.352 e. The van der Waals surface area contributed by atoms with Crippen LogP contribution in [0.3, 0.4) is 0 Å². The molecule has 1 aromatic rings. The summed E-state index contributed by atoms with van der Waals surface area (Å²) in [5.41, 5.74) is 7.71. The van der Waals surface area contributed by atoms with E-state index in [1.807, 2.05) is 20.8 Å². The highest BCUT2D eigenvalue weighted by Gasteiger charge is 2.13. The Morgan fingerprint density at radius 2 is 2.00 bits per heavy atom. The summed E-state index contributed by atoms with van der Waals surface area (Å²) >= 11 is 0. The van der Waals surface area contributed by atoms with Crippen molar-refractivity contribution in [3.05, 3.63) is 29.3 Å². The number of rotatable bonds is 5. The lowest BCUT2D eigenvalue weighted by Crippen LogP contribution is -2.35. The molecule has 5 nitrogen and oxygen atoms in total. The summed E-state index contributed by atoms with van der Waals surface area (Å²) in [7, 11) is 0. The number of hydrogen-bond donors (Lipinski definition) is 3. The second-order valence-corrected chi connectivity index (χ2v) is 4.39. The predicted molar refractivity (Wildman–Crippen MR) is 76.1 cm³/mol. The fourth-order valence-electron chi connectivity index (χ4n) is 1.57. The van der Waals surface area contributed by atoms with Crippen LogP contribution in [0.4, 0.5) is 5.69 Å². The van der Waals surface area contributed by atoms with Crippen LogP contribution in [0.1, 0.15) is 36.2 Å². The molecule has 1 rings (SSSR count). The molecule has 0 fully saturated rings. The van der Waals surface area contributed by atoms with Crippen molar-refractivity contribution in [1.29, 1.82) is 0 Å². The molecule has 1 aromatic carbocycles. The lowest BCUT2D eigenvalue weighted by molar-refractivity contribution is -0.117.